The highest BCUT2D eigenvalue weighted by Crippen LogP contribution is 2.27. The number of hydrogen-bond acceptors (Lipinski definition) is 6. The molecule has 1 aliphatic carbocycles. The zero-order valence-electron chi connectivity index (χ0n) is 11.3. The summed E-state index contributed by atoms with van der Waals surface area (Å²) in [5.74, 6) is -1.34. The average molecular weight is 268 g/mol. The Morgan fingerprint density at radius 3 is 2.74 bits per heavy atom. The van der Waals surface area contributed by atoms with Gasteiger partial charge in [0.05, 0.1) is 20.3 Å². The molecule has 2 rings (SSSR count). The molecule has 2 unspecified atom stereocenters. The average Bonchev–Trinajstić information content (AvgIpc) is 2.38. The van der Waals surface area contributed by atoms with Gasteiger partial charge in [0.1, 0.15) is 5.92 Å². The van der Waals surface area contributed by atoms with E-state index in [1.807, 2.05) is 11.9 Å². The van der Waals surface area contributed by atoms with Crippen LogP contribution in [-0.4, -0.2) is 50.2 Å². The first kappa shape index (κ1) is 14.0. The number of methoxy groups -OCH3 is 1. The standard InChI is InChI=1S/C13H20N2O4/c1-9-7-10(14-15-3-5-19-6-4-15)8-11(16)12(9)13(17)18-2/h8-9,12,14H,3-7H2,1-2H3. The first-order valence-corrected chi connectivity index (χ1v) is 6.53. The Morgan fingerprint density at radius 1 is 1.47 bits per heavy atom. The van der Waals surface area contributed by atoms with Crippen LogP contribution in [0.2, 0.25) is 0 Å². The van der Waals surface area contributed by atoms with E-state index < -0.39 is 11.9 Å². The quantitative estimate of drug-likeness (QED) is 0.578. The molecule has 0 aromatic carbocycles. The van der Waals surface area contributed by atoms with Crippen LogP contribution in [0.25, 0.3) is 0 Å². The number of nitrogens with one attached hydrogen (secondary N) is 1. The highest BCUT2D eigenvalue weighted by molar-refractivity contribution is 6.06. The summed E-state index contributed by atoms with van der Waals surface area (Å²) in [5.41, 5.74) is 4.10. The number of ether oxygens (including phenoxy) is 2. The summed E-state index contributed by atoms with van der Waals surface area (Å²) in [4.78, 5) is 23.6. The summed E-state index contributed by atoms with van der Waals surface area (Å²) in [6.07, 6.45) is 2.19. The number of hydrogen-bond donors (Lipinski definition) is 1. The van der Waals surface area contributed by atoms with Gasteiger partial charge in [0.2, 0.25) is 0 Å². The fourth-order valence-corrected chi connectivity index (χ4v) is 2.50. The Balaban J connectivity index is 2.00. The van der Waals surface area contributed by atoms with E-state index in [1.165, 1.54) is 13.2 Å². The lowest BCUT2D eigenvalue weighted by atomic mass is 9.82. The molecule has 0 spiro atoms. The minimum absolute atomic E-state index is 0.0477. The van der Waals surface area contributed by atoms with Crippen molar-refractivity contribution in [2.45, 2.75) is 13.3 Å². The molecule has 0 aromatic rings. The van der Waals surface area contributed by atoms with Crippen molar-refractivity contribution < 1.29 is 19.1 Å². The molecule has 106 valence electrons. The van der Waals surface area contributed by atoms with Gasteiger partial charge in [-0.2, -0.15) is 0 Å². The lowest BCUT2D eigenvalue weighted by Crippen LogP contribution is -2.47. The van der Waals surface area contributed by atoms with Crippen LogP contribution in [0.1, 0.15) is 13.3 Å². The fourth-order valence-electron chi connectivity index (χ4n) is 2.50. The second-order valence-corrected chi connectivity index (χ2v) is 4.97. The van der Waals surface area contributed by atoms with Crippen molar-refractivity contribution in [3.8, 4) is 0 Å². The molecule has 6 nitrogen and oxygen atoms in total. The van der Waals surface area contributed by atoms with E-state index in [2.05, 4.69) is 10.2 Å². The normalized spacial score (nSPS) is 28.7. The van der Waals surface area contributed by atoms with Gasteiger partial charge in [0.15, 0.2) is 5.78 Å². The molecular formula is C13H20N2O4. The topological polar surface area (TPSA) is 67.9 Å². The Kier molecular flexibility index (Phi) is 4.55. The molecule has 0 saturated carbocycles. The number of esters is 1. The van der Waals surface area contributed by atoms with Crippen molar-refractivity contribution in [2.24, 2.45) is 11.8 Å². The van der Waals surface area contributed by atoms with Gasteiger partial charge in [-0.3, -0.25) is 9.59 Å². The third-order valence-corrected chi connectivity index (χ3v) is 3.50. The number of rotatable bonds is 3. The van der Waals surface area contributed by atoms with Crippen molar-refractivity contribution in [1.29, 1.82) is 0 Å². The smallest absolute Gasteiger partial charge is 0.316 e. The van der Waals surface area contributed by atoms with Crippen LogP contribution in [0.5, 0.6) is 0 Å². The number of allylic oxidation sites excluding steroid dienone is 2. The van der Waals surface area contributed by atoms with E-state index >= 15 is 0 Å². The molecule has 1 aliphatic heterocycles. The monoisotopic (exact) mass is 268 g/mol. The van der Waals surface area contributed by atoms with Crippen LogP contribution in [0.15, 0.2) is 11.8 Å². The van der Waals surface area contributed by atoms with E-state index in [0.717, 1.165) is 18.8 Å². The van der Waals surface area contributed by atoms with Crippen LogP contribution in [-0.2, 0) is 19.1 Å². The zero-order valence-corrected chi connectivity index (χ0v) is 11.3. The van der Waals surface area contributed by atoms with Gasteiger partial charge in [-0.05, 0) is 12.3 Å². The second kappa shape index (κ2) is 6.16. The molecule has 0 amide bonds. The van der Waals surface area contributed by atoms with Gasteiger partial charge in [-0.15, -0.1) is 0 Å². The summed E-state index contributed by atoms with van der Waals surface area (Å²) in [6, 6.07) is 0. The maximum atomic E-state index is 12.0. The minimum atomic E-state index is -0.666. The number of hydrazine groups is 1. The number of morpholine rings is 1. The van der Waals surface area contributed by atoms with Crippen LogP contribution in [0, 0.1) is 11.8 Å². The fraction of sp³-hybridized carbons (Fsp3) is 0.692. The van der Waals surface area contributed by atoms with Crippen LogP contribution in [0.4, 0.5) is 0 Å². The van der Waals surface area contributed by atoms with Crippen molar-refractivity contribution >= 4 is 11.8 Å². The van der Waals surface area contributed by atoms with Gasteiger partial charge in [-0.25, -0.2) is 5.01 Å². The zero-order chi connectivity index (χ0) is 13.8. The Morgan fingerprint density at radius 2 is 2.16 bits per heavy atom. The highest BCUT2D eigenvalue weighted by atomic mass is 16.5. The predicted octanol–water partition coefficient (Wildman–Crippen LogP) is 0.105. The number of nitrogens with zero attached hydrogens (tertiary/aromatic N) is 1. The van der Waals surface area contributed by atoms with E-state index in [9.17, 15) is 9.59 Å². The molecule has 0 radical (unpaired) electrons. The maximum Gasteiger partial charge on any atom is 0.316 e. The molecule has 1 fully saturated rings. The van der Waals surface area contributed by atoms with Crippen molar-refractivity contribution in [2.75, 3.05) is 33.4 Å². The van der Waals surface area contributed by atoms with Crippen LogP contribution in [0.3, 0.4) is 0 Å². The number of ketones is 1. The van der Waals surface area contributed by atoms with Gasteiger partial charge >= 0.3 is 5.97 Å². The van der Waals surface area contributed by atoms with Crippen LogP contribution >= 0.6 is 0 Å². The predicted molar refractivity (Wildman–Crippen MR) is 67.9 cm³/mol. The lowest BCUT2D eigenvalue weighted by molar-refractivity contribution is -0.150. The number of carbonyl (C=O) groups is 2. The highest BCUT2D eigenvalue weighted by Gasteiger charge is 2.36. The molecule has 2 atom stereocenters. The minimum Gasteiger partial charge on any atom is -0.468 e. The second-order valence-electron chi connectivity index (χ2n) is 4.97. The van der Waals surface area contributed by atoms with Crippen molar-refractivity contribution in [1.82, 2.24) is 10.4 Å². The van der Waals surface area contributed by atoms with Crippen molar-refractivity contribution in [3.05, 3.63) is 11.8 Å². The molecule has 6 heteroatoms. The summed E-state index contributed by atoms with van der Waals surface area (Å²) in [7, 11) is 1.31. The Hall–Kier alpha value is -1.40. The molecule has 19 heavy (non-hydrogen) atoms. The van der Waals surface area contributed by atoms with Gasteiger partial charge in [-0.1, -0.05) is 6.92 Å². The molecule has 1 N–H and O–H groups in total. The largest absolute Gasteiger partial charge is 0.468 e. The molecule has 2 aliphatic rings. The Labute approximate surface area is 112 Å². The number of carbonyl (C=O) groups excluding carboxylic acids is 2. The van der Waals surface area contributed by atoms with E-state index in [0.29, 0.717) is 19.6 Å². The van der Waals surface area contributed by atoms with Gasteiger partial charge in [0.25, 0.3) is 0 Å². The maximum absolute atomic E-state index is 12.0. The van der Waals surface area contributed by atoms with Gasteiger partial charge < -0.3 is 14.9 Å². The van der Waals surface area contributed by atoms with E-state index in [-0.39, 0.29) is 11.7 Å². The first-order valence-electron chi connectivity index (χ1n) is 6.53. The van der Waals surface area contributed by atoms with E-state index in [1.54, 1.807) is 0 Å². The van der Waals surface area contributed by atoms with Crippen molar-refractivity contribution in [3.63, 3.8) is 0 Å². The molecule has 0 aromatic heterocycles. The SMILES string of the molecule is COC(=O)C1C(=O)C=C(NN2CCOCC2)CC1C. The van der Waals surface area contributed by atoms with Gasteiger partial charge in [0, 0.05) is 24.9 Å². The molecule has 1 saturated heterocycles. The lowest BCUT2D eigenvalue weighted by Gasteiger charge is -2.32. The summed E-state index contributed by atoms with van der Waals surface area (Å²) in [5, 5.41) is 2.04. The Bertz CT molecular complexity index is 388. The first-order chi connectivity index (χ1) is 9.11. The third kappa shape index (κ3) is 3.33. The molecular weight excluding hydrogens is 248 g/mol. The van der Waals surface area contributed by atoms with Crippen LogP contribution < -0.4 is 5.43 Å². The molecule has 1 heterocycles. The summed E-state index contributed by atoms with van der Waals surface area (Å²) < 4.78 is 9.94. The summed E-state index contributed by atoms with van der Waals surface area (Å²) >= 11 is 0. The third-order valence-electron chi connectivity index (χ3n) is 3.50. The summed E-state index contributed by atoms with van der Waals surface area (Å²) in [6.45, 7) is 4.86. The molecule has 0 bridgehead atoms. The van der Waals surface area contributed by atoms with E-state index in [4.69, 9.17) is 4.74 Å².